The zero-order valence-corrected chi connectivity index (χ0v) is 15.5. The van der Waals surface area contributed by atoms with E-state index in [1.807, 2.05) is 51.1 Å². The van der Waals surface area contributed by atoms with Crippen LogP contribution in [0, 0.1) is 0 Å². The first-order valence-electron chi connectivity index (χ1n) is 8.30. The fourth-order valence-corrected chi connectivity index (χ4v) is 3.00. The van der Waals surface area contributed by atoms with Gasteiger partial charge in [0.05, 0.1) is 4.75 Å². The van der Waals surface area contributed by atoms with Crippen LogP contribution < -0.4 is 0 Å². The Kier molecular flexibility index (Phi) is 6.54. The largest absolute Gasteiger partial charge is 0.445 e. The molecule has 0 N–H and O–H groups in total. The molecule has 1 fully saturated rings. The summed E-state index contributed by atoms with van der Waals surface area (Å²) in [5, 5.41) is 0. The van der Waals surface area contributed by atoms with E-state index in [0.717, 1.165) is 24.1 Å². The molecule has 0 spiro atoms. The molecule has 2 rings (SSSR count). The average molecular weight is 350 g/mol. The third-order valence-electron chi connectivity index (χ3n) is 3.76. The van der Waals surface area contributed by atoms with Crippen LogP contribution in [0.1, 0.15) is 45.6 Å². The van der Waals surface area contributed by atoms with Gasteiger partial charge in [0.2, 0.25) is 0 Å². The van der Waals surface area contributed by atoms with Crippen molar-refractivity contribution in [2.45, 2.75) is 51.4 Å². The van der Waals surface area contributed by atoms with E-state index >= 15 is 0 Å². The number of carbonyl (C=O) groups is 1. The first kappa shape index (κ1) is 18.6. The predicted molar refractivity (Wildman–Crippen MR) is 97.4 cm³/mol. The summed E-state index contributed by atoms with van der Waals surface area (Å²) < 4.78 is 21.5. The van der Waals surface area contributed by atoms with Crippen molar-refractivity contribution in [3.63, 3.8) is 0 Å². The average Bonchev–Trinajstić information content (AvgIpc) is 2.78. The number of ether oxygens (including phenoxy) is 1. The van der Waals surface area contributed by atoms with Crippen molar-refractivity contribution in [2.24, 2.45) is 4.40 Å². The Bertz CT molecular complexity index is 608. The van der Waals surface area contributed by atoms with Crippen LogP contribution in [0.4, 0.5) is 4.79 Å². The van der Waals surface area contributed by atoms with Gasteiger partial charge in [0, 0.05) is 25.2 Å². The monoisotopic (exact) mass is 350 g/mol. The van der Waals surface area contributed by atoms with Crippen LogP contribution >= 0.6 is 0 Å². The molecule has 5 nitrogen and oxygen atoms in total. The van der Waals surface area contributed by atoms with Crippen molar-refractivity contribution in [3.05, 3.63) is 35.9 Å². The maximum absolute atomic E-state index is 12.2. The number of hydrogen-bond donors (Lipinski definition) is 0. The lowest BCUT2D eigenvalue weighted by molar-refractivity contribution is 0.0978. The van der Waals surface area contributed by atoms with Crippen LogP contribution in [0.5, 0.6) is 0 Å². The van der Waals surface area contributed by atoms with E-state index in [-0.39, 0.29) is 17.4 Å². The fraction of sp³-hybridized carbons (Fsp3) is 0.556. The smallest absolute Gasteiger partial charge is 0.410 e. The van der Waals surface area contributed by atoms with Gasteiger partial charge >= 0.3 is 6.09 Å². The summed E-state index contributed by atoms with van der Waals surface area (Å²) >= 11 is 0. The molecule has 0 bridgehead atoms. The molecule has 1 saturated heterocycles. The maximum atomic E-state index is 12.2. The molecule has 24 heavy (non-hydrogen) atoms. The number of nitrogens with zero attached hydrogens (tertiary/aromatic N) is 2. The van der Waals surface area contributed by atoms with Gasteiger partial charge in [-0.3, -0.25) is 0 Å². The van der Waals surface area contributed by atoms with E-state index in [4.69, 9.17) is 4.74 Å². The van der Waals surface area contributed by atoms with Crippen LogP contribution in [0.2, 0.25) is 0 Å². The molecule has 132 valence electrons. The van der Waals surface area contributed by atoms with Crippen LogP contribution in [-0.2, 0) is 22.3 Å². The van der Waals surface area contributed by atoms with Gasteiger partial charge in [0.25, 0.3) is 0 Å². The van der Waals surface area contributed by atoms with E-state index in [2.05, 4.69) is 4.40 Å². The SMILES string of the molecule is CC(C)(C)S(=O)/N=C1\CCCN(C(=O)OCc2ccccc2)CC1. The predicted octanol–water partition coefficient (Wildman–Crippen LogP) is 3.71. The highest BCUT2D eigenvalue weighted by atomic mass is 32.2. The minimum absolute atomic E-state index is 0.283. The molecule has 6 heteroatoms. The third kappa shape index (κ3) is 5.74. The van der Waals surface area contributed by atoms with Gasteiger partial charge < -0.3 is 9.64 Å². The summed E-state index contributed by atoms with van der Waals surface area (Å²) in [7, 11) is -1.24. The molecule has 0 aliphatic carbocycles. The van der Waals surface area contributed by atoms with Crippen molar-refractivity contribution < 1.29 is 13.7 Å². The second-order valence-corrected chi connectivity index (χ2v) is 8.81. The molecule has 1 aromatic carbocycles. The lowest BCUT2D eigenvalue weighted by atomic mass is 10.2. The molecule has 1 aliphatic heterocycles. The Morgan fingerprint density at radius 1 is 1.21 bits per heavy atom. The van der Waals surface area contributed by atoms with Gasteiger partial charge in [-0.05, 0) is 39.2 Å². The third-order valence-corrected chi connectivity index (χ3v) is 5.23. The Balaban J connectivity index is 1.87. The van der Waals surface area contributed by atoms with Gasteiger partial charge in [0.1, 0.15) is 17.6 Å². The number of amides is 1. The van der Waals surface area contributed by atoms with Crippen molar-refractivity contribution in [1.82, 2.24) is 4.90 Å². The molecule has 0 radical (unpaired) electrons. The molecule has 1 amide bonds. The summed E-state index contributed by atoms with van der Waals surface area (Å²) in [5.74, 6) is 0. The van der Waals surface area contributed by atoms with Crippen molar-refractivity contribution >= 4 is 22.8 Å². The van der Waals surface area contributed by atoms with E-state index in [1.54, 1.807) is 4.90 Å². The zero-order chi connectivity index (χ0) is 17.6. The van der Waals surface area contributed by atoms with E-state index in [0.29, 0.717) is 19.5 Å². The molecule has 0 saturated carbocycles. The lowest BCUT2D eigenvalue weighted by Crippen LogP contribution is -2.32. The summed E-state index contributed by atoms with van der Waals surface area (Å²) in [6.45, 7) is 7.24. The standard InChI is InChI=1S/C18H26N2O3S/c1-18(2,3)24(22)19-16-10-7-12-20(13-11-16)17(21)23-14-15-8-5-4-6-9-15/h4-6,8-9H,7,10-14H2,1-3H3/b19-16+. The van der Waals surface area contributed by atoms with E-state index < -0.39 is 11.0 Å². The van der Waals surface area contributed by atoms with E-state index in [1.165, 1.54) is 0 Å². The van der Waals surface area contributed by atoms with Crippen LogP contribution in [0.25, 0.3) is 0 Å². The minimum atomic E-state index is -1.24. The van der Waals surface area contributed by atoms with Crippen molar-refractivity contribution in [3.8, 4) is 0 Å². The highest BCUT2D eigenvalue weighted by Gasteiger charge is 2.22. The first-order valence-corrected chi connectivity index (χ1v) is 9.41. The van der Waals surface area contributed by atoms with Gasteiger partial charge in [-0.25, -0.2) is 9.00 Å². The fourth-order valence-electron chi connectivity index (χ4n) is 2.31. The topological polar surface area (TPSA) is 59.0 Å². The van der Waals surface area contributed by atoms with Gasteiger partial charge in [-0.15, -0.1) is 0 Å². The second kappa shape index (κ2) is 8.42. The van der Waals surface area contributed by atoms with Crippen LogP contribution in [0.15, 0.2) is 34.7 Å². The van der Waals surface area contributed by atoms with Crippen molar-refractivity contribution in [1.29, 1.82) is 0 Å². The summed E-state index contributed by atoms with van der Waals surface area (Å²) in [6, 6.07) is 9.65. The molecular formula is C18H26N2O3S. The van der Waals surface area contributed by atoms with E-state index in [9.17, 15) is 9.00 Å². The van der Waals surface area contributed by atoms with Gasteiger partial charge in [-0.2, -0.15) is 4.40 Å². The number of hydrogen-bond acceptors (Lipinski definition) is 3. The molecule has 0 aromatic heterocycles. The van der Waals surface area contributed by atoms with Gasteiger partial charge in [-0.1, -0.05) is 30.3 Å². The maximum Gasteiger partial charge on any atom is 0.410 e. The van der Waals surface area contributed by atoms with Crippen molar-refractivity contribution in [2.75, 3.05) is 13.1 Å². The molecule has 1 aromatic rings. The number of likely N-dealkylation sites (tertiary alicyclic amines) is 1. The molecule has 1 unspecified atom stereocenters. The molecule has 1 atom stereocenters. The summed E-state index contributed by atoms with van der Waals surface area (Å²) in [4.78, 5) is 13.9. The number of benzene rings is 1. The Morgan fingerprint density at radius 2 is 1.92 bits per heavy atom. The highest BCUT2D eigenvalue weighted by molar-refractivity contribution is 7.85. The molecule has 1 aliphatic rings. The van der Waals surface area contributed by atoms with Crippen LogP contribution in [-0.4, -0.2) is 38.8 Å². The van der Waals surface area contributed by atoms with Crippen LogP contribution in [0.3, 0.4) is 0 Å². The summed E-state index contributed by atoms with van der Waals surface area (Å²) in [5.41, 5.74) is 1.91. The minimum Gasteiger partial charge on any atom is -0.445 e. The summed E-state index contributed by atoms with van der Waals surface area (Å²) in [6.07, 6.45) is 1.96. The van der Waals surface area contributed by atoms with Gasteiger partial charge in [0.15, 0.2) is 0 Å². The zero-order valence-electron chi connectivity index (χ0n) is 14.7. The lowest BCUT2D eigenvalue weighted by Gasteiger charge is -2.19. The second-order valence-electron chi connectivity index (χ2n) is 6.90. The number of rotatable bonds is 3. The quantitative estimate of drug-likeness (QED) is 0.835. The Morgan fingerprint density at radius 3 is 2.58 bits per heavy atom. The normalized spacial score (nSPS) is 19.0. The Hall–Kier alpha value is -1.69. The number of carbonyl (C=O) groups excluding carboxylic acids is 1. The first-order chi connectivity index (χ1) is 11.4. The Labute approximate surface area is 146 Å². The highest BCUT2D eigenvalue weighted by Crippen LogP contribution is 2.16. The molecular weight excluding hydrogens is 324 g/mol. The molecule has 1 heterocycles.